The van der Waals surface area contributed by atoms with Crippen molar-refractivity contribution in [1.82, 2.24) is 15.5 Å². The molecular weight excluding hydrogens is 637 g/mol. The molecule has 1 aromatic carbocycles. The molecule has 2 rings (SSSR count). The Hall–Kier alpha value is -4.37. The number of rotatable bonds is 18. The standard InChI is InChI=1S/C31H45F3N8O6/c1-19(2)27(40-26(44)7-5-14-42-15-12-22(29(46)48-3)17-25(42)31(32,33)34)24(43)16-21(6-4-13-37-30(35)47)28(45)39-23-10-8-20(9-11-23)18-38-41-36/h8-11,19,21-22,25,27H,4-7,12-18H2,1-3H3,(H,39,45)(H,40,44)(H3,35,37,47)/t21-,22?,25?,27+/m1/s1. The van der Waals surface area contributed by atoms with Gasteiger partial charge in [-0.25, -0.2) is 4.79 Å². The predicted molar refractivity (Wildman–Crippen MR) is 170 cm³/mol. The molecule has 0 bridgehead atoms. The molecule has 2 unspecified atom stereocenters. The number of Topliss-reactive ketones (excluding diaryl/α,β-unsaturated/α-hetero) is 1. The van der Waals surface area contributed by atoms with E-state index in [1.165, 1.54) is 4.90 Å². The zero-order valence-electron chi connectivity index (χ0n) is 27.4. The van der Waals surface area contributed by atoms with Crippen molar-refractivity contribution in [2.24, 2.45) is 28.6 Å². The number of carbonyl (C=O) groups is 5. The summed E-state index contributed by atoms with van der Waals surface area (Å²) in [6.07, 6.45) is -4.45. The molecule has 0 radical (unpaired) electrons. The molecule has 4 amide bonds. The van der Waals surface area contributed by atoms with Crippen LogP contribution in [0, 0.1) is 17.8 Å². The first kappa shape index (κ1) is 39.8. The van der Waals surface area contributed by atoms with E-state index in [1.807, 2.05) is 0 Å². The molecule has 0 saturated carbocycles. The van der Waals surface area contributed by atoms with Gasteiger partial charge in [0.1, 0.15) is 6.04 Å². The number of azide groups is 1. The molecule has 0 aliphatic carbocycles. The molecule has 1 saturated heterocycles. The highest BCUT2D eigenvalue weighted by Crippen LogP contribution is 2.35. The number of methoxy groups -OCH3 is 1. The Morgan fingerprint density at radius 1 is 1.15 bits per heavy atom. The first-order valence-electron chi connectivity index (χ1n) is 15.8. The van der Waals surface area contributed by atoms with Crippen molar-refractivity contribution in [2.45, 2.75) is 83.6 Å². The number of benzene rings is 1. The number of nitrogens with two attached hydrogens (primary N) is 1. The predicted octanol–water partition coefficient (Wildman–Crippen LogP) is 4.20. The smallest absolute Gasteiger partial charge is 0.404 e. The molecule has 1 heterocycles. The van der Waals surface area contributed by atoms with Gasteiger partial charge in [-0.3, -0.25) is 24.1 Å². The van der Waals surface area contributed by atoms with E-state index in [2.05, 4.69) is 30.7 Å². The third-order valence-electron chi connectivity index (χ3n) is 8.19. The number of carbonyl (C=O) groups excluding carboxylic acids is 5. The number of esters is 1. The number of urea groups is 1. The molecule has 0 spiro atoms. The van der Waals surface area contributed by atoms with Crippen LogP contribution in [0.4, 0.5) is 23.7 Å². The third-order valence-corrected chi connectivity index (χ3v) is 8.19. The van der Waals surface area contributed by atoms with Crippen molar-refractivity contribution in [2.75, 3.05) is 32.1 Å². The van der Waals surface area contributed by atoms with Gasteiger partial charge in [-0.1, -0.05) is 31.1 Å². The van der Waals surface area contributed by atoms with Crippen LogP contribution in [0.15, 0.2) is 29.4 Å². The van der Waals surface area contributed by atoms with E-state index in [4.69, 9.17) is 11.3 Å². The molecule has 1 aliphatic rings. The Balaban J connectivity index is 2.02. The summed E-state index contributed by atoms with van der Waals surface area (Å²) < 4.78 is 45.9. The fourth-order valence-electron chi connectivity index (χ4n) is 5.62. The summed E-state index contributed by atoms with van der Waals surface area (Å²) in [6.45, 7) is 3.77. The van der Waals surface area contributed by atoms with Gasteiger partial charge in [-0.05, 0) is 74.3 Å². The minimum absolute atomic E-state index is 0.0248. The Labute approximate surface area is 277 Å². The lowest BCUT2D eigenvalue weighted by atomic mass is 9.89. The average Bonchev–Trinajstić information content (AvgIpc) is 3.03. The second kappa shape index (κ2) is 19.5. The Kier molecular flexibility index (Phi) is 16.1. The molecule has 1 aliphatic heterocycles. The number of nitrogens with one attached hydrogen (secondary N) is 3. The Morgan fingerprint density at radius 2 is 1.83 bits per heavy atom. The maximum absolute atomic E-state index is 13.8. The van der Waals surface area contributed by atoms with Gasteiger partial charge in [0.25, 0.3) is 0 Å². The lowest BCUT2D eigenvalue weighted by molar-refractivity contribution is -0.198. The summed E-state index contributed by atoms with van der Waals surface area (Å²) in [6, 6.07) is 3.11. The maximum atomic E-state index is 13.8. The number of anilines is 1. The van der Waals surface area contributed by atoms with Gasteiger partial charge in [0.15, 0.2) is 5.78 Å². The van der Waals surface area contributed by atoms with Gasteiger partial charge in [0.2, 0.25) is 11.8 Å². The maximum Gasteiger partial charge on any atom is 0.404 e. The molecule has 266 valence electrons. The number of hydrogen-bond acceptors (Lipinski definition) is 8. The number of ketones is 1. The number of nitrogens with zero attached hydrogens (tertiary/aromatic N) is 4. The molecule has 48 heavy (non-hydrogen) atoms. The number of primary amides is 1. The summed E-state index contributed by atoms with van der Waals surface area (Å²) in [4.78, 5) is 66.4. The lowest BCUT2D eigenvalue weighted by Crippen LogP contribution is -2.52. The first-order chi connectivity index (χ1) is 22.7. The monoisotopic (exact) mass is 682 g/mol. The Bertz CT molecular complexity index is 1300. The largest absolute Gasteiger partial charge is 0.469 e. The van der Waals surface area contributed by atoms with Crippen LogP contribution in [0.2, 0.25) is 0 Å². The fraction of sp³-hybridized carbons (Fsp3) is 0.645. The number of alkyl halides is 3. The van der Waals surface area contributed by atoms with E-state index in [0.29, 0.717) is 12.1 Å². The molecule has 17 heteroatoms. The summed E-state index contributed by atoms with van der Waals surface area (Å²) >= 11 is 0. The topological polar surface area (TPSA) is 209 Å². The number of halogens is 3. The van der Waals surface area contributed by atoms with Gasteiger partial charge < -0.3 is 26.4 Å². The zero-order chi connectivity index (χ0) is 35.9. The van der Waals surface area contributed by atoms with Gasteiger partial charge >= 0.3 is 18.2 Å². The molecule has 4 atom stereocenters. The second-order valence-corrected chi connectivity index (χ2v) is 12.1. The van der Waals surface area contributed by atoms with Crippen LogP contribution in [-0.2, 0) is 30.5 Å². The number of ether oxygens (including phenoxy) is 1. The third kappa shape index (κ3) is 13.4. The van der Waals surface area contributed by atoms with Crippen LogP contribution in [0.1, 0.15) is 64.4 Å². The molecular formula is C31H45F3N8O6. The highest BCUT2D eigenvalue weighted by molar-refractivity contribution is 5.97. The van der Waals surface area contributed by atoms with Gasteiger partial charge in [0, 0.05) is 35.9 Å². The average molecular weight is 683 g/mol. The van der Waals surface area contributed by atoms with Crippen molar-refractivity contribution in [3.63, 3.8) is 0 Å². The van der Waals surface area contributed by atoms with Crippen LogP contribution >= 0.6 is 0 Å². The van der Waals surface area contributed by atoms with Crippen molar-refractivity contribution in [3.8, 4) is 0 Å². The van der Waals surface area contributed by atoms with Crippen molar-refractivity contribution < 1.29 is 41.9 Å². The molecule has 14 nitrogen and oxygen atoms in total. The minimum atomic E-state index is -4.56. The zero-order valence-corrected chi connectivity index (χ0v) is 27.4. The summed E-state index contributed by atoms with van der Waals surface area (Å²) in [5.74, 6) is -4.05. The van der Waals surface area contributed by atoms with E-state index < -0.39 is 66.1 Å². The Morgan fingerprint density at radius 3 is 2.42 bits per heavy atom. The summed E-state index contributed by atoms with van der Waals surface area (Å²) in [5.41, 5.74) is 14.8. The lowest BCUT2D eigenvalue weighted by Gasteiger charge is -2.39. The van der Waals surface area contributed by atoms with E-state index in [1.54, 1.807) is 38.1 Å². The molecule has 5 N–H and O–H groups in total. The van der Waals surface area contributed by atoms with E-state index >= 15 is 0 Å². The van der Waals surface area contributed by atoms with E-state index in [-0.39, 0.29) is 64.2 Å². The second-order valence-electron chi connectivity index (χ2n) is 12.1. The molecule has 0 aromatic heterocycles. The number of piperidine rings is 1. The van der Waals surface area contributed by atoms with Crippen molar-refractivity contribution in [3.05, 3.63) is 40.3 Å². The minimum Gasteiger partial charge on any atom is -0.469 e. The van der Waals surface area contributed by atoms with Crippen molar-refractivity contribution in [1.29, 1.82) is 0 Å². The van der Waals surface area contributed by atoms with Gasteiger partial charge in [0.05, 0.1) is 25.6 Å². The van der Waals surface area contributed by atoms with Gasteiger partial charge in [-0.15, -0.1) is 0 Å². The number of hydrogen-bond donors (Lipinski definition) is 4. The first-order valence-corrected chi connectivity index (χ1v) is 15.8. The molecule has 1 fully saturated rings. The van der Waals surface area contributed by atoms with Crippen LogP contribution in [-0.4, -0.2) is 79.5 Å². The van der Waals surface area contributed by atoms with Crippen LogP contribution in [0.25, 0.3) is 10.4 Å². The normalized spacial score (nSPS) is 17.8. The highest BCUT2D eigenvalue weighted by Gasteiger charge is 2.48. The van der Waals surface area contributed by atoms with Crippen LogP contribution < -0.4 is 21.7 Å². The number of amides is 4. The SMILES string of the molecule is COC(=O)C1CCN(CCCC(=O)N[C@H](C(=O)C[C@@H](CCCNC(N)=O)C(=O)Nc2ccc(CN=[N+]=[N-])cc2)C(C)C)C(C(F)(F)F)C1. The number of likely N-dealkylation sites (tertiary alicyclic amines) is 1. The fourth-order valence-corrected chi connectivity index (χ4v) is 5.62. The van der Waals surface area contributed by atoms with Crippen LogP contribution in [0.5, 0.6) is 0 Å². The van der Waals surface area contributed by atoms with E-state index in [0.717, 1.165) is 12.7 Å². The van der Waals surface area contributed by atoms with Crippen LogP contribution in [0.3, 0.4) is 0 Å². The summed E-state index contributed by atoms with van der Waals surface area (Å²) in [7, 11) is 1.14. The van der Waals surface area contributed by atoms with Gasteiger partial charge in [-0.2, -0.15) is 13.2 Å². The quantitative estimate of drug-likeness (QED) is 0.0583. The summed E-state index contributed by atoms with van der Waals surface area (Å²) in [5, 5.41) is 11.4. The molecule has 1 aromatic rings. The highest BCUT2D eigenvalue weighted by atomic mass is 19.4. The van der Waals surface area contributed by atoms with E-state index in [9.17, 15) is 37.1 Å². The van der Waals surface area contributed by atoms with Crippen molar-refractivity contribution >= 4 is 35.3 Å².